The zero-order valence-corrected chi connectivity index (χ0v) is 21.9. The molecule has 1 aliphatic heterocycles. The number of carbonyl (C=O) groups is 3. The maximum absolute atomic E-state index is 14.2. The SMILES string of the molecule is CC(C)(C)OC(=O)n1ncc2cc(NC(=O)OC(c3cc(F)cc(Cl)c3)[C@@H]3CCCCN3C(=O)O)ccc21. The van der Waals surface area contributed by atoms with E-state index >= 15 is 0 Å². The zero-order valence-electron chi connectivity index (χ0n) is 21.1. The van der Waals surface area contributed by atoms with Gasteiger partial charge in [0.1, 0.15) is 17.5 Å². The largest absolute Gasteiger partial charge is 0.465 e. The first-order chi connectivity index (χ1) is 17.9. The van der Waals surface area contributed by atoms with Gasteiger partial charge in [-0.1, -0.05) is 11.6 Å². The quantitative estimate of drug-likeness (QED) is 0.386. The van der Waals surface area contributed by atoms with Crippen molar-refractivity contribution in [3.05, 3.63) is 59.0 Å². The Morgan fingerprint density at radius 2 is 1.95 bits per heavy atom. The van der Waals surface area contributed by atoms with Crippen molar-refractivity contribution in [2.24, 2.45) is 0 Å². The van der Waals surface area contributed by atoms with Crippen LogP contribution in [0.4, 0.5) is 24.5 Å². The van der Waals surface area contributed by atoms with Gasteiger partial charge in [0.15, 0.2) is 0 Å². The molecule has 2 amide bonds. The monoisotopic (exact) mass is 546 g/mol. The fourth-order valence-electron chi connectivity index (χ4n) is 4.44. The smallest absolute Gasteiger partial charge is 0.435 e. The molecule has 38 heavy (non-hydrogen) atoms. The van der Waals surface area contributed by atoms with Crippen LogP contribution >= 0.6 is 11.6 Å². The number of likely N-dealkylation sites (tertiary alicyclic amines) is 1. The van der Waals surface area contributed by atoms with Gasteiger partial charge in [0.25, 0.3) is 0 Å². The van der Waals surface area contributed by atoms with Crippen molar-refractivity contribution in [1.82, 2.24) is 14.7 Å². The summed E-state index contributed by atoms with van der Waals surface area (Å²) in [6, 6.07) is 7.78. The Morgan fingerprint density at radius 1 is 1.18 bits per heavy atom. The van der Waals surface area contributed by atoms with Crippen LogP contribution in [0.15, 0.2) is 42.6 Å². The summed E-state index contributed by atoms with van der Waals surface area (Å²) >= 11 is 6.05. The van der Waals surface area contributed by atoms with Crippen LogP contribution in [0.2, 0.25) is 5.02 Å². The Balaban J connectivity index is 1.56. The summed E-state index contributed by atoms with van der Waals surface area (Å²) in [4.78, 5) is 38.5. The molecule has 0 spiro atoms. The minimum absolute atomic E-state index is 0.0964. The molecule has 1 aromatic heterocycles. The number of hydrogen-bond acceptors (Lipinski definition) is 6. The van der Waals surface area contributed by atoms with Crippen molar-refractivity contribution >= 4 is 46.5 Å². The average molecular weight is 547 g/mol. The van der Waals surface area contributed by atoms with E-state index < -0.39 is 41.8 Å². The normalized spacial score (nSPS) is 16.7. The highest BCUT2D eigenvalue weighted by atomic mass is 35.5. The summed E-state index contributed by atoms with van der Waals surface area (Å²) in [6.45, 7) is 5.51. The molecular formula is C26H28ClFN4O6. The van der Waals surface area contributed by atoms with E-state index in [-0.39, 0.29) is 17.1 Å². The lowest BCUT2D eigenvalue weighted by molar-refractivity contribution is 0.0177. The van der Waals surface area contributed by atoms with Crippen LogP contribution in [-0.4, -0.2) is 56.3 Å². The van der Waals surface area contributed by atoms with E-state index in [0.29, 0.717) is 29.4 Å². The molecule has 2 heterocycles. The second kappa shape index (κ2) is 10.9. The topological polar surface area (TPSA) is 123 Å². The molecule has 1 unspecified atom stereocenters. The van der Waals surface area contributed by atoms with E-state index in [9.17, 15) is 23.9 Å². The first kappa shape index (κ1) is 27.2. The minimum Gasteiger partial charge on any atom is -0.465 e. The van der Waals surface area contributed by atoms with E-state index in [4.69, 9.17) is 21.1 Å². The van der Waals surface area contributed by atoms with Gasteiger partial charge in [-0.25, -0.2) is 18.8 Å². The molecule has 202 valence electrons. The molecule has 2 N–H and O–H groups in total. The minimum atomic E-state index is -1.15. The molecule has 0 saturated carbocycles. The van der Waals surface area contributed by atoms with Gasteiger partial charge in [-0.15, -0.1) is 0 Å². The van der Waals surface area contributed by atoms with Crippen LogP contribution in [-0.2, 0) is 9.47 Å². The molecular weight excluding hydrogens is 519 g/mol. The van der Waals surface area contributed by atoms with Crippen molar-refractivity contribution in [2.75, 3.05) is 11.9 Å². The number of aromatic nitrogens is 2. The van der Waals surface area contributed by atoms with Crippen molar-refractivity contribution in [3.63, 3.8) is 0 Å². The Labute approximate surface area is 223 Å². The summed E-state index contributed by atoms with van der Waals surface area (Å²) < 4.78 is 26.4. The number of carboxylic acid groups (broad SMARTS) is 1. The number of hydrogen-bond donors (Lipinski definition) is 2. The Hall–Kier alpha value is -3.86. The molecule has 0 radical (unpaired) electrons. The molecule has 10 nitrogen and oxygen atoms in total. The number of nitrogens with zero attached hydrogens (tertiary/aromatic N) is 3. The molecule has 2 atom stereocenters. The van der Waals surface area contributed by atoms with Gasteiger partial charge in [0, 0.05) is 22.6 Å². The number of amides is 2. The standard InChI is InChI=1S/C26H28ClFN4O6/c1-26(2,3)38-25(36)32-20-8-7-19(12-16(20)14-29-32)30-23(33)37-22(15-10-17(27)13-18(28)11-15)21-6-4-5-9-31(21)24(34)35/h7-8,10-14,21-22H,4-6,9H2,1-3H3,(H,30,33)(H,34,35)/t21-,22?/m0/s1. The van der Waals surface area contributed by atoms with E-state index in [1.807, 2.05) is 0 Å². The molecule has 1 aliphatic rings. The third-order valence-corrected chi connectivity index (χ3v) is 6.19. The van der Waals surface area contributed by atoms with Crippen LogP contribution in [0.25, 0.3) is 10.9 Å². The lowest BCUT2D eigenvalue weighted by Gasteiger charge is -2.38. The van der Waals surface area contributed by atoms with Gasteiger partial charge in [-0.05, 0) is 82.0 Å². The average Bonchev–Trinajstić information content (AvgIpc) is 3.24. The maximum atomic E-state index is 14.2. The highest BCUT2D eigenvalue weighted by Gasteiger charge is 2.37. The Kier molecular flexibility index (Phi) is 7.77. The fraction of sp³-hybridized carbons (Fsp3) is 0.385. The lowest BCUT2D eigenvalue weighted by atomic mass is 9.93. The molecule has 0 aliphatic carbocycles. The lowest BCUT2D eigenvalue weighted by Crippen LogP contribution is -2.47. The van der Waals surface area contributed by atoms with Gasteiger partial charge >= 0.3 is 18.3 Å². The van der Waals surface area contributed by atoms with Crippen LogP contribution in [0.5, 0.6) is 0 Å². The third kappa shape index (κ3) is 6.34. The number of piperidine rings is 1. The number of benzene rings is 2. The van der Waals surface area contributed by atoms with Gasteiger partial charge in [0.2, 0.25) is 0 Å². The molecule has 1 fully saturated rings. The van der Waals surface area contributed by atoms with Crippen molar-refractivity contribution in [3.8, 4) is 0 Å². The number of halogens is 2. The summed E-state index contributed by atoms with van der Waals surface area (Å²) in [5, 5.41) is 17.1. The zero-order chi connectivity index (χ0) is 27.6. The summed E-state index contributed by atoms with van der Waals surface area (Å²) in [7, 11) is 0. The third-order valence-electron chi connectivity index (χ3n) is 5.97. The molecule has 4 rings (SSSR count). The molecule has 2 aromatic carbocycles. The molecule has 0 bridgehead atoms. The van der Waals surface area contributed by atoms with E-state index in [1.165, 1.54) is 23.2 Å². The second-order valence-corrected chi connectivity index (χ2v) is 10.4. The molecule has 3 aromatic rings. The summed E-state index contributed by atoms with van der Waals surface area (Å²) in [5.41, 5.74) is 0.376. The number of anilines is 1. The van der Waals surface area contributed by atoms with Crippen molar-refractivity contribution < 1.29 is 33.4 Å². The van der Waals surface area contributed by atoms with Crippen LogP contribution in [0, 0.1) is 5.82 Å². The van der Waals surface area contributed by atoms with Crippen molar-refractivity contribution in [1.29, 1.82) is 0 Å². The van der Waals surface area contributed by atoms with Crippen LogP contribution in [0.3, 0.4) is 0 Å². The Morgan fingerprint density at radius 3 is 2.63 bits per heavy atom. The number of carbonyl (C=O) groups excluding carboxylic acids is 2. The number of nitrogens with one attached hydrogen (secondary N) is 1. The van der Waals surface area contributed by atoms with E-state index in [0.717, 1.165) is 17.2 Å². The van der Waals surface area contributed by atoms with Crippen molar-refractivity contribution in [2.45, 2.75) is 57.8 Å². The molecule has 12 heteroatoms. The Bertz CT molecular complexity index is 1350. The fourth-order valence-corrected chi connectivity index (χ4v) is 4.67. The van der Waals surface area contributed by atoms with Gasteiger partial charge in [0.05, 0.1) is 17.8 Å². The number of ether oxygens (including phenoxy) is 2. The summed E-state index contributed by atoms with van der Waals surface area (Å²) in [5.74, 6) is -0.633. The molecule has 1 saturated heterocycles. The first-order valence-electron chi connectivity index (χ1n) is 12.1. The van der Waals surface area contributed by atoms with Gasteiger partial charge < -0.3 is 19.5 Å². The van der Waals surface area contributed by atoms with E-state index in [2.05, 4.69) is 10.4 Å². The van der Waals surface area contributed by atoms with E-state index in [1.54, 1.807) is 39.0 Å². The highest BCUT2D eigenvalue weighted by Crippen LogP contribution is 2.34. The van der Waals surface area contributed by atoms with Crippen LogP contribution < -0.4 is 5.32 Å². The number of rotatable bonds is 4. The van der Waals surface area contributed by atoms with Crippen LogP contribution in [0.1, 0.15) is 51.7 Å². The predicted molar refractivity (Wildman–Crippen MR) is 138 cm³/mol. The predicted octanol–water partition coefficient (Wildman–Crippen LogP) is 6.43. The first-order valence-corrected chi connectivity index (χ1v) is 12.4. The van der Waals surface area contributed by atoms with Gasteiger partial charge in [-0.2, -0.15) is 9.78 Å². The second-order valence-electron chi connectivity index (χ2n) is 10.0. The summed E-state index contributed by atoms with van der Waals surface area (Å²) in [6.07, 6.45) is -0.490. The van der Waals surface area contributed by atoms with Gasteiger partial charge in [-0.3, -0.25) is 5.32 Å². The highest BCUT2D eigenvalue weighted by molar-refractivity contribution is 6.30. The number of fused-ring (bicyclic) bond motifs is 1. The maximum Gasteiger partial charge on any atom is 0.435 e.